The van der Waals surface area contributed by atoms with Gasteiger partial charge in [-0.05, 0) is 0 Å². The number of aliphatic hydroxyl groups is 3. The molecule has 0 spiro atoms. The Bertz CT molecular complexity index is 224. The van der Waals surface area contributed by atoms with E-state index in [4.69, 9.17) is 0 Å². The van der Waals surface area contributed by atoms with Crippen LogP contribution in [-0.4, -0.2) is 40.5 Å². The Kier molecular flexibility index (Phi) is 11.8. The second kappa shape index (κ2) is 11.4. The summed E-state index contributed by atoms with van der Waals surface area (Å²) in [4.78, 5) is 0. The molecule has 3 N–H and O–H groups in total. The van der Waals surface area contributed by atoms with E-state index in [0.29, 0.717) is 0 Å². The van der Waals surface area contributed by atoms with Crippen LogP contribution in [-0.2, 0) is 0 Å². The van der Waals surface area contributed by atoms with Gasteiger partial charge in [0.2, 0.25) is 0 Å². The fourth-order valence-corrected chi connectivity index (χ4v) is 4.80. The predicted molar refractivity (Wildman–Crippen MR) is 93.8 cm³/mol. The average molecular weight is 373 g/mol. The van der Waals surface area contributed by atoms with E-state index in [1.165, 1.54) is 51.4 Å². The first-order chi connectivity index (χ1) is 9.54. The Morgan fingerprint density at radius 1 is 0.650 bits per heavy atom. The summed E-state index contributed by atoms with van der Waals surface area (Å²) in [6, 6.07) is 0. The molecule has 0 saturated heterocycles. The number of hydrogen-bond donors (Lipinski definition) is 3. The van der Waals surface area contributed by atoms with Gasteiger partial charge in [-0.3, -0.25) is 0 Å². The summed E-state index contributed by atoms with van der Waals surface area (Å²) in [5.41, 5.74) is 0. The number of hydrogen-bond acceptors (Lipinski definition) is 3. The van der Waals surface area contributed by atoms with Crippen molar-refractivity contribution in [1.29, 1.82) is 0 Å². The zero-order chi connectivity index (χ0) is 15.3. The maximum atomic E-state index is 9.47. The van der Waals surface area contributed by atoms with Crippen LogP contribution in [0.4, 0.5) is 0 Å². The molecule has 124 valence electrons. The van der Waals surface area contributed by atoms with Crippen molar-refractivity contribution < 1.29 is 15.3 Å². The minimum absolute atomic E-state index is 0.115. The number of rotatable bonds is 14. The van der Waals surface area contributed by atoms with Gasteiger partial charge in [0.05, 0.1) is 0 Å². The fourth-order valence-electron chi connectivity index (χ4n) is 2.34. The molecule has 0 aromatic rings. The second-order valence-electron chi connectivity index (χ2n) is 6.15. The van der Waals surface area contributed by atoms with E-state index in [1.54, 1.807) is 0 Å². The summed E-state index contributed by atoms with van der Waals surface area (Å²) in [5.74, 6) is 0. The SMILES string of the molecule is CCCCCCCCCCCCP(Br)(CO)(CO)CO. The van der Waals surface area contributed by atoms with Crippen molar-refractivity contribution in [2.45, 2.75) is 71.1 Å². The van der Waals surface area contributed by atoms with Crippen molar-refractivity contribution in [2.75, 3.05) is 25.2 Å². The van der Waals surface area contributed by atoms with Crippen molar-refractivity contribution in [3.63, 3.8) is 0 Å². The standard InChI is InChI=1S/C15H34BrO3P/c1-2-3-4-5-6-7-8-9-10-11-12-20(16,13-17,14-18)15-19/h17-19H,2-15H2,1H3. The van der Waals surface area contributed by atoms with Gasteiger partial charge in [-0.1, -0.05) is 0 Å². The number of halogens is 1. The van der Waals surface area contributed by atoms with Crippen LogP contribution in [0.2, 0.25) is 0 Å². The van der Waals surface area contributed by atoms with Crippen LogP contribution in [0.15, 0.2) is 0 Å². The molecule has 0 unspecified atom stereocenters. The van der Waals surface area contributed by atoms with Crippen LogP contribution in [0.25, 0.3) is 0 Å². The quantitative estimate of drug-likeness (QED) is 0.308. The van der Waals surface area contributed by atoms with Crippen LogP contribution in [0.1, 0.15) is 71.1 Å². The van der Waals surface area contributed by atoms with E-state index in [2.05, 4.69) is 22.4 Å². The molecule has 0 aromatic heterocycles. The molecule has 5 heteroatoms. The van der Waals surface area contributed by atoms with E-state index >= 15 is 0 Å². The van der Waals surface area contributed by atoms with E-state index in [0.717, 1.165) is 19.0 Å². The molecule has 0 fully saturated rings. The summed E-state index contributed by atoms with van der Waals surface area (Å²) >= 11 is 3.49. The monoisotopic (exact) mass is 372 g/mol. The fraction of sp³-hybridized carbons (Fsp3) is 1.00. The number of aliphatic hydroxyl groups excluding tert-OH is 3. The Balaban J connectivity index is 3.56. The minimum atomic E-state index is -2.80. The van der Waals surface area contributed by atoms with E-state index in [9.17, 15) is 15.3 Å². The van der Waals surface area contributed by atoms with Gasteiger partial charge in [-0.2, -0.15) is 0 Å². The third-order valence-electron chi connectivity index (χ3n) is 4.13. The third kappa shape index (κ3) is 8.29. The summed E-state index contributed by atoms with van der Waals surface area (Å²) in [5, 5.41) is 25.6. The van der Waals surface area contributed by atoms with Gasteiger partial charge in [0.1, 0.15) is 0 Å². The van der Waals surface area contributed by atoms with Gasteiger partial charge in [0, 0.05) is 0 Å². The molecule has 0 atom stereocenters. The molecule has 0 aliphatic carbocycles. The number of unbranched alkanes of at least 4 members (excludes halogenated alkanes) is 9. The van der Waals surface area contributed by atoms with Gasteiger partial charge in [0.25, 0.3) is 0 Å². The third-order valence-corrected chi connectivity index (χ3v) is 10.8. The van der Waals surface area contributed by atoms with E-state index < -0.39 is 5.31 Å². The molecule has 3 nitrogen and oxygen atoms in total. The summed E-state index contributed by atoms with van der Waals surface area (Å²) in [7, 11) is 0. The van der Waals surface area contributed by atoms with Gasteiger partial charge in [-0.15, -0.1) is 0 Å². The Morgan fingerprint density at radius 2 is 1.00 bits per heavy atom. The van der Waals surface area contributed by atoms with Crippen molar-refractivity contribution in [3.05, 3.63) is 0 Å². The normalized spacial score (nSPS) is 14.2. The molecule has 20 heavy (non-hydrogen) atoms. The first-order valence-electron chi connectivity index (χ1n) is 8.09. The van der Waals surface area contributed by atoms with E-state index in [1.807, 2.05) is 0 Å². The van der Waals surface area contributed by atoms with Gasteiger partial charge in [-0.25, -0.2) is 0 Å². The van der Waals surface area contributed by atoms with Crippen molar-refractivity contribution >= 4 is 20.8 Å². The molecular formula is C15H34BrO3P. The van der Waals surface area contributed by atoms with Crippen molar-refractivity contribution in [1.82, 2.24) is 0 Å². The molecule has 0 saturated carbocycles. The van der Waals surface area contributed by atoms with Crippen LogP contribution in [0.5, 0.6) is 0 Å². The molecule has 0 amide bonds. The second-order valence-corrected chi connectivity index (χ2v) is 17.1. The predicted octanol–water partition coefficient (Wildman–Crippen LogP) is 4.62. The molecule has 0 aliphatic heterocycles. The van der Waals surface area contributed by atoms with Crippen molar-refractivity contribution in [2.24, 2.45) is 0 Å². The maximum absolute atomic E-state index is 9.47. The van der Waals surface area contributed by atoms with Gasteiger partial charge < -0.3 is 0 Å². The summed E-state index contributed by atoms with van der Waals surface area (Å²) < 4.78 is 0. The van der Waals surface area contributed by atoms with Gasteiger partial charge >= 0.3 is 132 Å². The Labute approximate surface area is 132 Å². The summed E-state index contributed by atoms with van der Waals surface area (Å²) in [6.07, 6.45) is 13.1. The molecule has 0 bridgehead atoms. The molecule has 0 heterocycles. The molecule has 0 radical (unpaired) electrons. The zero-order valence-electron chi connectivity index (χ0n) is 13.1. The molecule has 0 aromatic carbocycles. The van der Waals surface area contributed by atoms with Crippen LogP contribution >= 0.6 is 20.8 Å². The zero-order valence-corrected chi connectivity index (χ0v) is 15.5. The first kappa shape index (κ1) is 20.8. The summed E-state index contributed by atoms with van der Waals surface area (Å²) in [6.45, 7) is 2.24. The Morgan fingerprint density at radius 3 is 1.35 bits per heavy atom. The first-order valence-corrected chi connectivity index (χ1v) is 13.1. The van der Waals surface area contributed by atoms with Crippen molar-refractivity contribution in [3.8, 4) is 0 Å². The van der Waals surface area contributed by atoms with Crippen LogP contribution in [0, 0.1) is 0 Å². The topological polar surface area (TPSA) is 60.7 Å². The molecule has 0 rings (SSSR count). The Hall–Kier alpha value is 0.790. The average Bonchev–Trinajstić information content (AvgIpc) is 2.49. The molecule has 0 aliphatic rings. The van der Waals surface area contributed by atoms with Gasteiger partial charge in [0.15, 0.2) is 0 Å². The van der Waals surface area contributed by atoms with Crippen LogP contribution in [0.3, 0.4) is 0 Å². The van der Waals surface area contributed by atoms with Crippen LogP contribution < -0.4 is 0 Å². The van der Waals surface area contributed by atoms with E-state index in [-0.39, 0.29) is 19.0 Å². The molecular weight excluding hydrogens is 339 g/mol.